The Hall–Kier alpha value is -0.260. The normalized spacial score (nSPS) is 14.1. The van der Waals surface area contributed by atoms with Crippen LogP contribution in [0, 0.1) is 11.8 Å². The average molecular weight is 379 g/mol. The second-order valence-electron chi connectivity index (χ2n) is 9.12. The Morgan fingerprint density at radius 2 is 1.07 bits per heavy atom. The minimum absolute atomic E-state index is 0.922. The molecule has 0 aliphatic heterocycles. The molecular weight excluding hydrogens is 324 g/mol. The van der Waals surface area contributed by atoms with E-state index in [2.05, 4.69) is 39.8 Å². The van der Waals surface area contributed by atoms with Gasteiger partial charge in [0.2, 0.25) is 0 Å². The molecule has 0 nitrogen and oxygen atoms in total. The maximum Gasteiger partial charge on any atom is -0.0351 e. The van der Waals surface area contributed by atoms with Crippen molar-refractivity contribution in [2.24, 2.45) is 11.8 Å². The summed E-state index contributed by atoms with van der Waals surface area (Å²) >= 11 is 0. The molecule has 0 heterocycles. The van der Waals surface area contributed by atoms with E-state index in [0.717, 1.165) is 11.8 Å². The van der Waals surface area contributed by atoms with Crippen LogP contribution in [0.5, 0.6) is 0 Å². The zero-order valence-electron chi connectivity index (χ0n) is 19.7. The zero-order valence-corrected chi connectivity index (χ0v) is 19.7. The molecule has 0 rings (SSSR count). The number of rotatable bonds is 21. The molecule has 0 saturated heterocycles. The fraction of sp³-hybridized carbons (Fsp3) is 0.926. The van der Waals surface area contributed by atoms with Crippen molar-refractivity contribution < 1.29 is 0 Å². The van der Waals surface area contributed by atoms with E-state index in [-0.39, 0.29) is 0 Å². The van der Waals surface area contributed by atoms with Crippen molar-refractivity contribution in [1.29, 1.82) is 0 Å². The molecule has 0 aromatic heterocycles. The summed E-state index contributed by atoms with van der Waals surface area (Å²) in [4.78, 5) is 0. The minimum Gasteiger partial charge on any atom is -0.0885 e. The molecule has 0 aliphatic carbocycles. The van der Waals surface area contributed by atoms with Crippen molar-refractivity contribution in [2.75, 3.05) is 0 Å². The van der Waals surface area contributed by atoms with Crippen LogP contribution in [-0.2, 0) is 0 Å². The number of unbranched alkanes of at least 4 members (excludes halogenated alkanes) is 11. The first-order valence-corrected chi connectivity index (χ1v) is 12.9. The molecule has 0 bridgehead atoms. The molecule has 0 heteroatoms. The van der Waals surface area contributed by atoms with Crippen molar-refractivity contribution >= 4 is 0 Å². The van der Waals surface area contributed by atoms with Crippen LogP contribution >= 0.6 is 0 Å². The van der Waals surface area contributed by atoms with E-state index in [1.807, 2.05) is 0 Å². The molecule has 0 fully saturated rings. The summed E-state index contributed by atoms with van der Waals surface area (Å²) in [5, 5.41) is 0. The van der Waals surface area contributed by atoms with Gasteiger partial charge in [0.15, 0.2) is 0 Å². The molecule has 0 radical (unpaired) electrons. The highest BCUT2D eigenvalue weighted by molar-refractivity contribution is 4.81. The molecule has 0 amide bonds. The SMILES string of the molecule is CCCCCC/C=C/CCCC(C)CCC(CC)CCCCCCCCC. The highest BCUT2D eigenvalue weighted by Gasteiger charge is 2.09. The summed E-state index contributed by atoms with van der Waals surface area (Å²) in [7, 11) is 0. The Labute approximate surface area is 174 Å². The van der Waals surface area contributed by atoms with Gasteiger partial charge in [-0.05, 0) is 37.5 Å². The summed E-state index contributed by atoms with van der Waals surface area (Å²) in [6, 6.07) is 0. The quantitative estimate of drug-likeness (QED) is 0.138. The molecule has 2 atom stereocenters. The van der Waals surface area contributed by atoms with Crippen molar-refractivity contribution in [3.8, 4) is 0 Å². The molecule has 0 spiro atoms. The first kappa shape index (κ1) is 26.7. The molecule has 162 valence electrons. The van der Waals surface area contributed by atoms with Crippen LogP contribution in [0.4, 0.5) is 0 Å². The molecule has 0 aromatic rings. The lowest BCUT2D eigenvalue weighted by Crippen LogP contribution is -2.03. The van der Waals surface area contributed by atoms with Crippen LogP contribution in [-0.4, -0.2) is 0 Å². The summed E-state index contributed by atoms with van der Waals surface area (Å²) in [5.74, 6) is 1.91. The average Bonchev–Trinajstić information content (AvgIpc) is 2.68. The topological polar surface area (TPSA) is 0 Å². The molecule has 2 unspecified atom stereocenters. The maximum atomic E-state index is 2.48. The molecular formula is C27H54. The second kappa shape index (κ2) is 22.0. The predicted molar refractivity (Wildman–Crippen MR) is 127 cm³/mol. The van der Waals surface area contributed by atoms with E-state index in [1.165, 1.54) is 122 Å². The van der Waals surface area contributed by atoms with Crippen LogP contribution in [0.15, 0.2) is 12.2 Å². The van der Waals surface area contributed by atoms with Crippen LogP contribution in [0.2, 0.25) is 0 Å². The van der Waals surface area contributed by atoms with Gasteiger partial charge in [0.1, 0.15) is 0 Å². The van der Waals surface area contributed by atoms with Gasteiger partial charge < -0.3 is 0 Å². The fourth-order valence-electron chi connectivity index (χ4n) is 4.12. The monoisotopic (exact) mass is 378 g/mol. The van der Waals surface area contributed by atoms with Gasteiger partial charge in [-0.3, -0.25) is 0 Å². The molecule has 0 N–H and O–H groups in total. The van der Waals surface area contributed by atoms with Crippen molar-refractivity contribution in [3.05, 3.63) is 12.2 Å². The summed E-state index contributed by atoms with van der Waals surface area (Å²) in [5.41, 5.74) is 0. The third-order valence-electron chi connectivity index (χ3n) is 6.32. The van der Waals surface area contributed by atoms with Gasteiger partial charge in [0.05, 0.1) is 0 Å². The zero-order chi connectivity index (χ0) is 20.0. The van der Waals surface area contributed by atoms with E-state index in [0.29, 0.717) is 0 Å². The Bertz CT molecular complexity index is 290. The maximum absolute atomic E-state index is 2.48. The molecule has 0 aromatic carbocycles. The van der Waals surface area contributed by atoms with Crippen LogP contribution in [0.3, 0.4) is 0 Å². The molecule has 0 saturated carbocycles. The second-order valence-corrected chi connectivity index (χ2v) is 9.12. The van der Waals surface area contributed by atoms with Gasteiger partial charge in [-0.15, -0.1) is 0 Å². The van der Waals surface area contributed by atoms with Gasteiger partial charge >= 0.3 is 0 Å². The van der Waals surface area contributed by atoms with Gasteiger partial charge in [-0.25, -0.2) is 0 Å². The van der Waals surface area contributed by atoms with E-state index in [9.17, 15) is 0 Å². The third kappa shape index (κ3) is 20.3. The standard InChI is InChI=1S/C27H54/c1-5-8-10-12-14-15-17-18-20-22-26(4)24-25-27(7-3)23-21-19-16-13-11-9-6-2/h15,17,26-27H,5-14,16,18-25H2,1-4H3/b17-15+. The molecule has 0 aliphatic rings. The highest BCUT2D eigenvalue weighted by atomic mass is 14.1. The van der Waals surface area contributed by atoms with Crippen LogP contribution in [0.25, 0.3) is 0 Å². The molecule has 27 heavy (non-hydrogen) atoms. The first-order valence-electron chi connectivity index (χ1n) is 12.9. The largest absolute Gasteiger partial charge is 0.0885 e. The predicted octanol–water partition coefficient (Wildman–Crippen LogP) is 10.3. The number of hydrogen-bond acceptors (Lipinski definition) is 0. The lowest BCUT2D eigenvalue weighted by Gasteiger charge is -2.17. The van der Waals surface area contributed by atoms with Gasteiger partial charge in [-0.2, -0.15) is 0 Å². The van der Waals surface area contributed by atoms with E-state index in [4.69, 9.17) is 0 Å². The van der Waals surface area contributed by atoms with Crippen molar-refractivity contribution in [3.63, 3.8) is 0 Å². The van der Waals surface area contributed by atoms with Gasteiger partial charge in [0, 0.05) is 0 Å². The van der Waals surface area contributed by atoms with Crippen LogP contribution in [0.1, 0.15) is 150 Å². The van der Waals surface area contributed by atoms with Crippen molar-refractivity contribution in [1.82, 2.24) is 0 Å². The van der Waals surface area contributed by atoms with Crippen LogP contribution < -0.4 is 0 Å². The fourth-order valence-corrected chi connectivity index (χ4v) is 4.12. The Morgan fingerprint density at radius 1 is 0.519 bits per heavy atom. The van der Waals surface area contributed by atoms with E-state index >= 15 is 0 Å². The lowest BCUT2D eigenvalue weighted by molar-refractivity contribution is 0.355. The Balaban J connectivity index is 3.53. The van der Waals surface area contributed by atoms with E-state index < -0.39 is 0 Å². The first-order chi connectivity index (χ1) is 13.2. The minimum atomic E-state index is 0.922. The van der Waals surface area contributed by atoms with Gasteiger partial charge in [-0.1, -0.05) is 136 Å². The third-order valence-corrected chi connectivity index (χ3v) is 6.32. The Morgan fingerprint density at radius 3 is 1.70 bits per heavy atom. The number of hydrogen-bond donors (Lipinski definition) is 0. The summed E-state index contributed by atoms with van der Waals surface area (Å²) < 4.78 is 0. The highest BCUT2D eigenvalue weighted by Crippen LogP contribution is 2.24. The summed E-state index contributed by atoms with van der Waals surface area (Å²) in [6.45, 7) is 9.48. The number of allylic oxidation sites excluding steroid dienone is 2. The van der Waals surface area contributed by atoms with Crippen molar-refractivity contribution in [2.45, 2.75) is 150 Å². The lowest BCUT2D eigenvalue weighted by atomic mass is 9.88. The van der Waals surface area contributed by atoms with Gasteiger partial charge in [0.25, 0.3) is 0 Å². The van der Waals surface area contributed by atoms with E-state index in [1.54, 1.807) is 0 Å². The smallest absolute Gasteiger partial charge is 0.0351 e. The summed E-state index contributed by atoms with van der Waals surface area (Å²) in [6.07, 6.45) is 31.8. The Kier molecular flexibility index (Phi) is 21.8.